The lowest BCUT2D eigenvalue weighted by Crippen LogP contribution is -2.27. The Morgan fingerprint density at radius 2 is 1.98 bits per heavy atom. The summed E-state index contributed by atoms with van der Waals surface area (Å²) in [7, 11) is 1.62. The number of amides is 1. The number of anilines is 2. The number of carbonyl (C=O) groups excluding carboxylic acids is 1. The summed E-state index contributed by atoms with van der Waals surface area (Å²) in [5.74, 6) is 2.24. The first-order chi connectivity index (χ1) is 20.5. The zero-order chi connectivity index (χ0) is 29.9. The summed E-state index contributed by atoms with van der Waals surface area (Å²) in [6, 6.07) is 9.70. The number of fused-ring (bicyclic) bond motifs is 1. The molecule has 1 aliphatic carbocycles. The number of nitrogens with zero attached hydrogens (tertiary/aromatic N) is 5. The number of aromatic nitrogens is 5. The molecule has 10 heteroatoms. The predicted molar refractivity (Wildman–Crippen MR) is 165 cm³/mol. The van der Waals surface area contributed by atoms with Crippen LogP contribution in [0.5, 0.6) is 11.5 Å². The molecule has 42 heavy (non-hydrogen) atoms. The summed E-state index contributed by atoms with van der Waals surface area (Å²) in [5, 5.41) is 11.1. The van der Waals surface area contributed by atoms with Crippen LogP contribution in [0.15, 0.2) is 72.9 Å². The molecule has 5 rings (SSSR count). The van der Waals surface area contributed by atoms with Crippen molar-refractivity contribution in [3.8, 4) is 11.5 Å². The fraction of sp³-hybridized carbons (Fsp3) is 0.344. The van der Waals surface area contributed by atoms with Gasteiger partial charge >= 0.3 is 0 Å². The van der Waals surface area contributed by atoms with E-state index >= 15 is 0 Å². The second-order valence-corrected chi connectivity index (χ2v) is 9.75. The standard InChI is InChI=1S/C30H33N7O3.C2H6/c1-20-15-24(10-12-27(20)40-25-11-7-21(2)32-16-25)35-29-28-26(33-19-34-29)18-37(36-28)17-22-5-4-6-23(9-8-22)30(38)31-13-14-39-3;1-2/h6-12,15-16,18-19,22H,4-5,13-14,17H2,1-3H3,(H,31,38)(H,33,34,35);1-2H3. The van der Waals surface area contributed by atoms with Crippen LogP contribution in [-0.4, -0.2) is 50.9 Å². The number of nitrogens with one attached hydrogen (secondary N) is 2. The molecular weight excluding hydrogens is 530 g/mol. The molecule has 1 amide bonds. The first-order valence-corrected chi connectivity index (χ1v) is 14.3. The van der Waals surface area contributed by atoms with Gasteiger partial charge in [-0.15, -0.1) is 0 Å². The molecule has 0 fully saturated rings. The molecule has 0 radical (unpaired) electrons. The summed E-state index contributed by atoms with van der Waals surface area (Å²) in [4.78, 5) is 25.6. The maximum atomic E-state index is 12.4. The summed E-state index contributed by atoms with van der Waals surface area (Å²) in [6.45, 7) is 9.60. The molecule has 1 atom stereocenters. The average Bonchev–Trinajstić information content (AvgIpc) is 3.27. The topological polar surface area (TPSA) is 116 Å². The first-order valence-electron chi connectivity index (χ1n) is 14.3. The number of allylic oxidation sites excluding steroid dienone is 2. The number of methoxy groups -OCH3 is 1. The fourth-order valence-electron chi connectivity index (χ4n) is 4.48. The number of aryl methyl sites for hydroxylation is 2. The van der Waals surface area contributed by atoms with Gasteiger partial charge in [0.05, 0.1) is 19.0 Å². The Kier molecular flexibility index (Phi) is 10.8. The number of hydrogen-bond acceptors (Lipinski definition) is 8. The molecule has 0 bridgehead atoms. The van der Waals surface area contributed by atoms with E-state index in [9.17, 15) is 4.79 Å². The van der Waals surface area contributed by atoms with Crippen molar-refractivity contribution < 1.29 is 14.3 Å². The van der Waals surface area contributed by atoms with Gasteiger partial charge in [-0.3, -0.25) is 14.5 Å². The predicted octanol–water partition coefficient (Wildman–Crippen LogP) is 6.06. The van der Waals surface area contributed by atoms with Crippen LogP contribution < -0.4 is 15.4 Å². The number of rotatable bonds is 10. The zero-order valence-electron chi connectivity index (χ0n) is 24.9. The van der Waals surface area contributed by atoms with Crippen LogP contribution in [0.4, 0.5) is 11.5 Å². The Morgan fingerprint density at radius 3 is 2.74 bits per heavy atom. The third-order valence-electron chi connectivity index (χ3n) is 6.63. The summed E-state index contributed by atoms with van der Waals surface area (Å²) in [5.41, 5.74) is 4.92. The molecule has 0 aliphatic heterocycles. The molecule has 220 valence electrons. The minimum absolute atomic E-state index is 0.0771. The van der Waals surface area contributed by atoms with Crippen LogP contribution >= 0.6 is 0 Å². The van der Waals surface area contributed by atoms with E-state index in [0.29, 0.717) is 42.4 Å². The molecule has 10 nitrogen and oxygen atoms in total. The van der Waals surface area contributed by atoms with Gasteiger partial charge < -0.3 is 20.1 Å². The zero-order valence-corrected chi connectivity index (χ0v) is 24.9. The van der Waals surface area contributed by atoms with E-state index < -0.39 is 0 Å². The number of pyridine rings is 1. The first kappa shape index (κ1) is 30.4. The van der Waals surface area contributed by atoms with Crippen LogP contribution in [-0.2, 0) is 16.1 Å². The van der Waals surface area contributed by atoms with Crippen molar-refractivity contribution in [3.63, 3.8) is 0 Å². The number of ether oxygens (including phenoxy) is 2. The molecule has 1 aromatic carbocycles. The van der Waals surface area contributed by atoms with Crippen molar-refractivity contribution in [3.05, 3.63) is 84.1 Å². The highest BCUT2D eigenvalue weighted by Gasteiger charge is 2.15. The summed E-state index contributed by atoms with van der Waals surface area (Å²) < 4.78 is 12.9. The number of benzene rings is 1. The van der Waals surface area contributed by atoms with Crippen LogP contribution in [0.1, 0.15) is 37.9 Å². The quantitative estimate of drug-likeness (QED) is 0.222. The van der Waals surface area contributed by atoms with Crippen molar-refractivity contribution in [1.82, 2.24) is 30.0 Å². The molecule has 0 saturated carbocycles. The molecule has 1 aliphatic rings. The van der Waals surface area contributed by atoms with E-state index in [1.54, 1.807) is 13.3 Å². The third-order valence-corrected chi connectivity index (χ3v) is 6.63. The maximum Gasteiger partial charge on any atom is 0.251 e. The van der Waals surface area contributed by atoms with Crippen LogP contribution in [0, 0.1) is 19.8 Å². The second-order valence-electron chi connectivity index (χ2n) is 9.75. The highest BCUT2D eigenvalue weighted by atomic mass is 16.5. The largest absolute Gasteiger partial charge is 0.455 e. The van der Waals surface area contributed by atoms with Gasteiger partial charge in [0.1, 0.15) is 23.3 Å². The molecule has 3 aromatic heterocycles. The molecule has 0 spiro atoms. The molecular formula is C32H39N7O3. The van der Waals surface area contributed by atoms with Crippen molar-refractivity contribution in [2.24, 2.45) is 5.92 Å². The summed E-state index contributed by atoms with van der Waals surface area (Å²) >= 11 is 0. The molecule has 1 unspecified atom stereocenters. The molecule has 0 saturated heterocycles. The lowest BCUT2D eigenvalue weighted by atomic mass is 10.0. The van der Waals surface area contributed by atoms with Gasteiger partial charge in [-0.2, -0.15) is 5.10 Å². The van der Waals surface area contributed by atoms with Gasteiger partial charge in [-0.05, 0) is 68.5 Å². The minimum atomic E-state index is -0.0771. The monoisotopic (exact) mass is 569 g/mol. The van der Waals surface area contributed by atoms with Crippen LogP contribution in [0.2, 0.25) is 0 Å². The molecule has 3 heterocycles. The Bertz CT molecular complexity index is 1540. The third kappa shape index (κ3) is 8.01. The van der Waals surface area contributed by atoms with Crippen LogP contribution in [0.3, 0.4) is 0 Å². The minimum Gasteiger partial charge on any atom is -0.455 e. The SMILES string of the molecule is CC.COCCNC(=O)C1=CCCC(Cn2cc3ncnc(Nc4ccc(Oc5ccc(C)nc5)c(C)c4)c3n2)C=C1. The van der Waals surface area contributed by atoms with Crippen LogP contribution in [0.25, 0.3) is 11.0 Å². The van der Waals surface area contributed by atoms with E-state index in [2.05, 4.69) is 31.7 Å². The van der Waals surface area contributed by atoms with Crippen molar-refractivity contribution in [2.75, 3.05) is 25.6 Å². The van der Waals surface area contributed by atoms with Gasteiger partial charge in [0.25, 0.3) is 5.91 Å². The van der Waals surface area contributed by atoms with Gasteiger partial charge in [-0.25, -0.2) is 9.97 Å². The highest BCUT2D eigenvalue weighted by molar-refractivity contribution is 5.96. The van der Waals surface area contributed by atoms with Crippen molar-refractivity contribution in [1.29, 1.82) is 0 Å². The Morgan fingerprint density at radius 1 is 1.12 bits per heavy atom. The number of hydrogen-bond donors (Lipinski definition) is 2. The average molecular weight is 570 g/mol. The van der Waals surface area contributed by atoms with Gasteiger partial charge in [0.15, 0.2) is 11.3 Å². The van der Waals surface area contributed by atoms with E-state index in [1.165, 1.54) is 6.33 Å². The van der Waals surface area contributed by atoms with Gasteiger partial charge in [-0.1, -0.05) is 32.1 Å². The smallest absolute Gasteiger partial charge is 0.251 e. The Balaban J connectivity index is 0.00000198. The normalized spacial score (nSPS) is 14.4. The highest BCUT2D eigenvalue weighted by Crippen LogP contribution is 2.29. The van der Waals surface area contributed by atoms with Gasteiger partial charge in [0, 0.05) is 37.2 Å². The molecule has 4 aromatic rings. The van der Waals surface area contributed by atoms with Gasteiger partial charge in [0.2, 0.25) is 0 Å². The Hall–Kier alpha value is -4.57. The van der Waals surface area contributed by atoms with E-state index in [4.69, 9.17) is 14.6 Å². The van der Waals surface area contributed by atoms with Crippen molar-refractivity contribution in [2.45, 2.75) is 47.1 Å². The fourth-order valence-corrected chi connectivity index (χ4v) is 4.48. The van der Waals surface area contributed by atoms with Crippen molar-refractivity contribution >= 4 is 28.4 Å². The van der Waals surface area contributed by atoms with E-state index in [1.807, 2.05) is 81.1 Å². The van der Waals surface area contributed by atoms with E-state index in [-0.39, 0.29) is 11.8 Å². The lowest BCUT2D eigenvalue weighted by molar-refractivity contribution is -0.117. The number of carbonyl (C=O) groups is 1. The van der Waals surface area contributed by atoms with E-state index in [0.717, 1.165) is 41.1 Å². The molecule has 2 N–H and O–H groups in total. The Labute approximate surface area is 246 Å². The second kappa shape index (κ2) is 14.9. The lowest BCUT2D eigenvalue weighted by Gasteiger charge is -2.12. The summed E-state index contributed by atoms with van der Waals surface area (Å²) in [6.07, 6.45) is 12.9. The maximum absolute atomic E-state index is 12.4.